The Kier molecular flexibility index (Phi) is 4.53. The smallest absolute Gasteiger partial charge is 0.264 e. The number of nitrogens with zero attached hydrogens (tertiary/aromatic N) is 4. The molecule has 1 aliphatic heterocycles. The van der Waals surface area contributed by atoms with Crippen LogP contribution in [0.2, 0.25) is 0 Å². The van der Waals surface area contributed by atoms with Crippen LogP contribution in [0.25, 0.3) is 22.2 Å². The van der Waals surface area contributed by atoms with Gasteiger partial charge in [0.1, 0.15) is 11.2 Å². The van der Waals surface area contributed by atoms with Crippen molar-refractivity contribution in [2.24, 2.45) is 13.0 Å². The fraction of sp³-hybridized carbons (Fsp3) is 0.350. The van der Waals surface area contributed by atoms with E-state index in [4.69, 9.17) is 4.98 Å². The average molecular weight is 365 g/mol. The summed E-state index contributed by atoms with van der Waals surface area (Å²) < 4.78 is 1.48. The van der Waals surface area contributed by atoms with Gasteiger partial charge in [-0.2, -0.15) is 0 Å². The molecule has 2 N–H and O–H groups in total. The Morgan fingerprint density at radius 2 is 2.07 bits per heavy atom. The molecule has 1 atom stereocenters. The minimum Gasteiger partial charge on any atom is -0.396 e. The number of fused-ring (bicyclic) bond motifs is 1. The van der Waals surface area contributed by atoms with Crippen molar-refractivity contribution in [1.82, 2.24) is 14.5 Å². The second kappa shape index (κ2) is 7.00. The third-order valence-corrected chi connectivity index (χ3v) is 5.20. The van der Waals surface area contributed by atoms with Crippen LogP contribution in [0.15, 0.2) is 41.5 Å². The summed E-state index contributed by atoms with van der Waals surface area (Å²) in [5, 5.41) is 13.1. The number of benzene rings is 1. The molecule has 3 heterocycles. The largest absolute Gasteiger partial charge is 0.396 e. The number of aryl methyl sites for hydroxylation is 1. The molecule has 1 unspecified atom stereocenters. The van der Waals surface area contributed by atoms with Gasteiger partial charge in [-0.15, -0.1) is 0 Å². The molecule has 0 bridgehead atoms. The van der Waals surface area contributed by atoms with Gasteiger partial charge in [0.15, 0.2) is 0 Å². The Balaban J connectivity index is 1.89. The number of aliphatic hydroxyl groups excluding tert-OH is 1. The molecule has 0 radical (unpaired) electrons. The first-order chi connectivity index (χ1) is 13.1. The predicted molar refractivity (Wildman–Crippen MR) is 107 cm³/mol. The lowest BCUT2D eigenvalue weighted by atomic mass is 10.1. The lowest BCUT2D eigenvalue weighted by Crippen LogP contribution is -2.26. The molecule has 2 aromatic heterocycles. The van der Waals surface area contributed by atoms with E-state index in [1.54, 1.807) is 13.4 Å². The van der Waals surface area contributed by atoms with Gasteiger partial charge in [-0.25, -0.2) is 9.97 Å². The van der Waals surface area contributed by atoms with Crippen LogP contribution in [0.5, 0.6) is 0 Å². The maximum absolute atomic E-state index is 12.8. The quantitative estimate of drug-likeness (QED) is 0.734. The molecule has 3 aromatic rings. The fourth-order valence-electron chi connectivity index (χ4n) is 3.56. The van der Waals surface area contributed by atoms with E-state index in [0.717, 1.165) is 29.9 Å². The molecule has 1 aromatic carbocycles. The summed E-state index contributed by atoms with van der Waals surface area (Å²) in [6, 6.07) is 9.87. The van der Waals surface area contributed by atoms with E-state index in [9.17, 15) is 9.90 Å². The number of aromatic nitrogens is 3. The molecular formula is C20H23N5O2. The van der Waals surface area contributed by atoms with E-state index < -0.39 is 0 Å². The van der Waals surface area contributed by atoms with Crippen LogP contribution >= 0.6 is 0 Å². The van der Waals surface area contributed by atoms with Crippen molar-refractivity contribution in [3.05, 3.63) is 47.0 Å². The van der Waals surface area contributed by atoms with E-state index >= 15 is 0 Å². The van der Waals surface area contributed by atoms with Crippen LogP contribution in [-0.2, 0) is 7.05 Å². The van der Waals surface area contributed by atoms with Crippen molar-refractivity contribution in [2.75, 3.05) is 37.0 Å². The zero-order chi connectivity index (χ0) is 19.0. The first-order valence-electron chi connectivity index (χ1n) is 9.11. The summed E-state index contributed by atoms with van der Waals surface area (Å²) in [7, 11) is 3.58. The second-order valence-corrected chi connectivity index (χ2v) is 7.00. The van der Waals surface area contributed by atoms with E-state index in [2.05, 4.69) is 15.2 Å². The highest BCUT2D eigenvalue weighted by molar-refractivity contribution is 5.92. The SMILES string of the molecule is CNc1ccc(-c2cc3ncn(C)c(=O)c3c(N3CCC(CO)C3)n2)cc1. The summed E-state index contributed by atoms with van der Waals surface area (Å²) in [6.45, 7) is 1.61. The lowest BCUT2D eigenvalue weighted by Gasteiger charge is -2.20. The molecule has 1 fully saturated rings. The number of nitrogens with one attached hydrogen (secondary N) is 1. The van der Waals surface area contributed by atoms with Gasteiger partial charge in [0.2, 0.25) is 0 Å². The molecule has 4 rings (SSSR count). The maximum atomic E-state index is 12.8. The van der Waals surface area contributed by atoms with Crippen LogP contribution in [0.4, 0.5) is 11.5 Å². The van der Waals surface area contributed by atoms with Gasteiger partial charge in [0.25, 0.3) is 5.56 Å². The molecule has 0 aliphatic carbocycles. The van der Waals surface area contributed by atoms with E-state index in [1.807, 2.05) is 37.4 Å². The van der Waals surface area contributed by atoms with E-state index in [-0.39, 0.29) is 18.1 Å². The van der Waals surface area contributed by atoms with Crippen molar-refractivity contribution in [3.8, 4) is 11.3 Å². The Labute approximate surface area is 157 Å². The highest BCUT2D eigenvalue weighted by Gasteiger charge is 2.26. The molecule has 7 nitrogen and oxygen atoms in total. The number of hydrogen-bond acceptors (Lipinski definition) is 6. The Hall–Kier alpha value is -2.93. The Morgan fingerprint density at radius 3 is 2.74 bits per heavy atom. The summed E-state index contributed by atoms with van der Waals surface area (Å²) in [5.41, 5.74) is 3.32. The monoisotopic (exact) mass is 365 g/mol. The van der Waals surface area contributed by atoms with E-state index in [1.165, 1.54) is 4.57 Å². The van der Waals surface area contributed by atoms with Crippen LogP contribution < -0.4 is 15.8 Å². The summed E-state index contributed by atoms with van der Waals surface area (Å²) in [4.78, 5) is 24.2. The second-order valence-electron chi connectivity index (χ2n) is 7.00. The van der Waals surface area contributed by atoms with Gasteiger partial charge in [0, 0.05) is 51.0 Å². The molecular weight excluding hydrogens is 342 g/mol. The van der Waals surface area contributed by atoms with Crippen LogP contribution in [-0.4, -0.2) is 46.4 Å². The van der Waals surface area contributed by atoms with Crippen LogP contribution in [0.1, 0.15) is 6.42 Å². The van der Waals surface area contributed by atoms with Gasteiger partial charge >= 0.3 is 0 Å². The number of hydrogen-bond donors (Lipinski definition) is 2. The number of anilines is 2. The molecule has 0 amide bonds. The summed E-state index contributed by atoms with van der Waals surface area (Å²) in [5.74, 6) is 0.866. The third-order valence-electron chi connectivity index (χ3n) is 5.20. The predicted octanol–water partition coefficient (Wildman–Crippen LogP) is 1.86. The number of rotatable bonds is 4. The zero-order valence-corrected chi connectivity index (χ0v) is 15.5. The molecule has 0 saturated carbocycles. The number of aliphatic hydroxyl groups is 1. The first-order valence-corrected chi connectivity index (χ1v) is 9.11. The highest BCUT2D eigenvalue weighted by atomic mass is 16.3. The standard InChI is InChI=1S/C20H23N5O2/c1-21-15-5-3-14(4-6-15)16-9-17-18(20(27)24(2)12-22-17)19(23-16)25-8-7-13(10-25)11-26/h3-6,9,12-13,21,26H,7-8,10-11H2,1-2H3. The van der Waals surface area contributed by atoms with Crippen molar-refractivity contribution < 1.29 is 5.11 Å². The molecule has 1 saturated heterocycles. The molecule has 1 aliphatic rings. The minimum atomic E-state index is -0.105. The Bertz CT molecular complexity index is 1030. The Morgan fingerprint density at radius 1 is 1.30 bits per heavy atom. The van der Waals surface area contributed by atoms with Gasteiger partial charge in [-0.05, 0) is 24.6 Å². The van der Waals surface area contributed by atoms with Gasteiger partial charge in [-0.1, -0.05) is 12.1 Å². The third kappa shape index (κ3) is 3.14. The molecule has 140 valence electrons. The van der Waals surface area contributed by atoms with Gasteiger partial charge in [-0.3, -0.25) is 4.79 Å². The summed E-state index contributed by atoms with van der Waals surface area (Å²) in [6.07, 6.45) is 2.43. The molecule has 7 heteroatoms. The maximum Gasteiger partial charge on any atom is 0.264 e. The minimum absolute atomic E-state index is 0.105. The average Bonchev–Trinajstić information content (AvgIpc) is 3.19. The van der Waals surface area contributed by atoms with E-state index in [0.29, 0.717) is 23.3 Å². The van der Waals surface area contributed by atoms with Crippen molar-refractivity contribution in [2.45, 2.75) is 6.42 Å². The summed E-state index contributed by atoms with van der Waals surface area (Å²) >= 11 is 0. The normalized spacial score (nSPS) is 16.9. The number of pyridine rings is 1. The fourth-order valence-corrected chi connectivity index (χ4v) is 3.56. The lowest BCUT2D eigenvalue weighted by molar-refractivity contribution is 0.238. The topological polar surface area (TPSA) is 83.3 Å². The van der Waals surface area contributed by atoms with Crippen molar-refractivity contribution in [1.29, 1.82) is 0 Å². The molecule has 27 heavy (non-hydrogen) atoms. The van der Waals surface area contributed by atoms with Gasteiger partial charge in [0.05, 0.1) is 17.5 Å². The van der Waals surface area contributed by atoms with Crippen LogP contribution in [0.3, 0.4) is 0 Å². The first kappa shape index (κ1) is 17.5. The van der Waals surface area contributed by atoms with Crippen LogP contribution in [0, 0.1) is 5.92 Å². The van der Waals surface area contributed by atoms with Gasteiger partial charge < -0.3 is 19.9 Å². The molecule has 0 spiro atoms. The van der Waals surface area contributed by atoms with Crippen molar-refractivity contribution in [3.63, 3.8) is 0 Å². The zero-order valence-electron chi connectivity index (χ0n) is 15.5. The van der Waals surface area contributed by atoms with Crippen molar-refractivity contribution >= 4 is 22.4 Å². The highest BCUT2D eigenvalue weighted by Crippen LogP contribution is 2.30.